The average molecular weight is 475 g/mol. The van der Waals surface area contributed by atoms with E-state index in [9.17, 15) is 9.59 Å². The van der Waals surface area contributed by atoms with E-state index in [2.05, 4.69) is 36.5 Å². The van der Waals surface area contributed by atoms with Gasteiger partial charge in [-0.25, -0.2) is 0 Å². The number of carbonyl (C=O) groups excluding carboxylic acids is 2. The van der Waals surface area contributed by atoms with Crippen LogP contribution in [0.4, 0.5) is 0 Å². The molecule has 0 fully saturated rings. The number of thioether (sulfide) groups is 1. The number of amides is 2. The Kier molecular flexibility index (Phi) is 9.77. The van der Waals surface area contributed by atoms with Gasteiger partial charge >= 0.3 is 0 Å². The molecule has 0 bridgehead atoms. The number of carbonyl (C=O) groups is 2. The highest BCUT2D eigenvalue weighted by Gasteiger charge is 2.30. The molecular formula is C29H34N2O2S. The lowest BCUT2D eigenvalue weighted by Gasteiger charge is -2.32. The second-order valence-corrected chi connectivity index (χ2v) is 9.84. The number of nitrogens with zero attached hydrogens (tertiary/aromatic N) is 1. The summed E-state index contributed by atoms with van der Waals surface area (Å²) in [6, 6.07) is 27.6. The van der Waals surface area contributed by atoms with Crippen molar-refractivity contribution in [3.8, 4) is 0 Å². The van der Waals surface area contributed by atoms with Crippen molar-refractivity contribution >= 4 is 23.6 Å². The predicted octanol–water partition coefficient (Wildman–Crippen LogP) is 5.39. The third-order valence-corrected chi connectivity index (χ3v) is 6.50. The van der Waals surface area contributed by atoms with Crippen molar-refractivity contribution in [3.05, 3.63) is 107 Å². The topological polar surface area (TPSA) is 49.4 Å². The van der Waals surface area contributed by atoms with Crippen LogP contribution in [0.5, 0.6) is 0 Å². The van der Waals surface area contributed by atoms with Crippen LogP contribution in [-0.2, 0) is 28.3 Å². The van der Waals surface area contributed by atoms with Gasteiger partial charge in [-0.1, -0.05) is 90.5 Å². The Bertz CT molecular complexity index is 1040. The van der Waals surface area contributed by atoms with E-state index in [4.69, 9.17) is 0 Å². The van der Waals surface area contributed by atoms with Crippen LogP contribution in [0.1, 0.15) is 36.1 Å². The molecule has 2 amide bonds. The quantitative estimate of drug-likeness (QED) is 0.405. The molecule has 5 heteroatoms. The minimum Gasteiger partial charge on any atom is -0.352 e. The first-order valence-corrected chi connectivity index (χ1v) is 12.9. The Morgan fingerprint density at radius 1 is 0.824 bits per heavy atom. The van der Waals surface area contributed by atoms with Gasteiger partial charge in [-0.05, 0) is 37.5 Å². The Morgan fingerprint density at radius 3 is 2.00 bits per heavy atom. The lowest BCUT2D eigenvalue weighted by Crippen LogP contribution is -2.52. The van der Waals surface area contributed by atoms with Gasteiger partial charge in [0.2, 0.25) is 11.8 Å². The van der Waals surface area contributed by atoms with Gasteiger partial charge < -0.3 is 10.2 Å². The molecule has 0 saturated carbocycles. The highest BCUT2D eigenvalue weighted by Crippen LogP contribution is 2.19. The zero-order valence-electron chi connectivity index (χ0n) is 20.2. The second-order valence-electron chi connectivity index (χ2n) is 8.85. The summed E-state index contributed by atoms with van der Waals surface area (Å²) < 4.78 is 0. The zero-order valence-corrected chi connectivity index (χ0v) is 21.1. The first kappa shape index (κ1) is 25.6. The fraction of sp³-hybridized carbons (Fsp3) is 0.310. The molecule has 0 aliphatic rings. The highest BCUT2D eigenvalue weighted by atomic mass is 32.2. The SMILES string of the molecule is Cc1ccc(CSCC(=O)N(Cc2ccccc2)[C@H](Cc2ccccc2)C(=O)NC(C)C)cc1. The Hall–Kier alpha value is -3.05. The minimum atomic E-state index is -0.586. The lowest BCUT2D eigenvalue weighted by atomic mass is 10.0. The largest absolute Gasteiger partial charge is 0.352 e. The molecule has 0 aromatic heterocycles. The number of hydrogen-bond acceptors (Lipinski definition) is 3. The molecule has 0 aliphatic heterocycles. The summed E-state index contributed by atoms with van der Waals surface area (Å²) in [6.45, 7) is 6.35. The summed E-state index contributed by atoms with van der Waals surface area (Å²) in [5, 5.41) is 3.03. The number of nitrogens with one attached hydrogen (secondary N) is 1. The molecule has 34 heavy (non-hydrogen) atoms. The maximum Gasteiger partial charge on any atom is 0.243 e. The maximum absolute atomic E-state index is 13.5. The molecule has 0 saturated heterocycles. The summed E-state index contributed by atoms with van der Waals surface area (Å²) in [4.78, 5) is 28.6. The van der Waals surface area contributed by atoms with Gasteiger partial charge in [-0.15, -0.1) is 11.8 Å². The fourth-order valence-corrected chi connectivity index (χ4v) is 4.61. The molecular weight excluding hydrogens is 440 g/mol. The second kappa shape index (κ2) is 13.0. The van der Waals surface area contributed by atoms with Gasteiger partial charge in [0.15, 0.2) is 0 Å². The van der Waals surface area contributed by atoms with Crippen molar-refractivity contribution in [2.24, 2.45) is 0 Å². The Balaban J connectivity index is 1.81. The van der Waals surface area contributed by atoms with Gasteiger partial charge in [0.25, 0.3) is 0 Å². The van der Waals surface area contributed by atoms with Crippen LogP contribution >= 0.6 is 11.8 Å². The fourth-order valence-electron chi connectivity index (χ4n) is 3.74. The molecule has 0 radical (unpaired) electrons. The third-order valence-electron chi connectivity index (χ3n) is 5.51. The van der Waals surface area contributed by atoms with Crippen molar-refractivity contribution in [3.63, 3.8) is 0 Å². The standard InChI is InChI=1S/C29H34N2O2S/c1-22(2)30-29(33)27(18-24-10-6-4-7-11-24)31(19-25-12-8-5-9-13-25)28(32)21-34-20-26-16-14-23(3)15-17-26/h4-17,22,27H,18-21H2,1-3H3,(H,30,33)/t27-/m1/s1. The van der Waals surface area contributed by atoms with E-state index in [1.54, 1.807) is 16.7 Å². The summed E-state index contributed by atoms with van der Waals surface area (Å²) in [5.74, 6) is 0.931. The maximum atomic E-state index is 13.5. The number of hydrogen-bond donors (Lipinski definition) is 1. The van der Waals surface area contributed by atoms with E-state index in [1.165, 1.54) is 11.1 Å². The van der Waals surface area contributed by atoms with E-state index in [1.807, 2.05) is 74.5 Å². The Morgan fingerprint density at radius 2 is 1.41 bits per heavy atom. The van der Waals surface area contributed by atoms with Gasteiger partial charge in [0, 0.05) is 24.8 Å². The van der Waals surface area contributed by atoms with Crippen LogP contribution in [0, 0.1) is 6.92 Å². The van der Waals surface area contributed by atoms with E-state index >= 15 is 0 Å². The van der Waals surface area contributed by atoms with E-state index in [-0.39, 0.29) is 17.9 Å². The van der Waals surface area contributed by atoms with E-state index in [0.29, 0.717) is 18.7 Å². The highest BCUT2D eigenvalue weighted by molar-refractivity contribution is 7.99. The van der Waals surface area contributed by atoms with Crippen LogP contribution in [-0.4, -0.2) is 34.6 Å². The minimum absolute atomic E-state index is 0.00429. The zero-order chi connectivity index (χ0) is 24.3. The first-order chi connectivity index (χ1) is 16.4. The monoisotopic (exact) mass is 474 g/mol. The molecule has 178 valence electrons. The molecule has 0 heterocycles. The average Bonchev–Trinajstić information content (AvgIpc) is 2.83. The molecule has 3 aromatic rings. The van der Waals surface area contributed by atoms with Crippen LogP contribution in [0.25, 0.3) is 0 Å². The first-order valence-electron chi connectivity index (χ1n) is 11.7. The van der Waals surface area contributed by atoms with Gasteiger partial charge in [0.05, 0.1) is 5.75 Å². The predicted molar refractivity (Wildman–Crippen MR) is 142 cm³/mol. The number of aryl methyl sites for hydroxylation is 1. The van der Waals surface area contributed by atoms with Crippen molar-refractivity contribution in [1.29, 1.82) is 0 Å². The van der Waals surface area contributed by atoms with Crippen LogP contribution in [0.2, 0.25) is 0 Å². The summed E-state index contributed by atoms with van der Waals surface area (Å²) in [7, 11) is 0. The smallest absolute Gasteiger partial charge is 0.243 e. The molecule has 3 aromatic carbocycles. The molecule has 0 spiro atoms. The van der Waals surface area contributed by atoms with E-state index in [0.717, 1.165) is 16.9 Å². The van der Waals surface area contributed by atoms with Crippen LogP contribution in [0.3, 0.4) is 0 Å². The molecule has 0 unspecified atom stereocenters. The van der Waals surface area contributed by atoms with Crippen molar-refractivity contribution in [2.75, 3.05) is 5.75 Å². The molecule has 4 nitrogen and oxygen atoms in total. The molecule has 0 aliphatic carbocycles. The molecule has 1 atom stereocenters. The van der Waals surface area contributed by atoms with Crippen LogP contribution in [0.15, 0.2) is 84.9 Å². The van der Waals surface area contributed by atoms with Crippen molar-refractivity contribution in [2.45, 2.75) is 51.6 Å². The van der Waals surface area contributed by atoms with Gasteiger partial charge in [-0.2, -0.15) is 0 Å². The number of rotatable bonds is 11. The normalized spacial score (nSPS) is 11.8. The van der Waals surface area contributed by atoms with Gasteiger partial charge in [0.1, 0.15) is 6.04 Å². The van der Waals surface area contributed by atoms with E-state index < -0.39 is 6.04 Å². The summed E-state index contributed by atoms with van der Waals surface area (Å²) in [6.07, 6.45) is 0.473. The Labute approximate surface area is 207 Å². The van der Waals surface area contributed by atoms with Crippen LogP contribution < -0.4 is 5.32 Å². The molecule has 1 N–H and O–H groups in total. The third kappa shape index (κ3) is 8.07. The summed E-state index contributed by atoms with van der Waals surface area (Å²) >= 11 is 1.59. The number of benzene rings is 3. The van der Waals surface area contributed by atoms with Gasteiger partial charge in [-0.3, -0.25) is 9.59 Å². The lowest BCUT2D eigenvalue weighted by molar-refractivity contribution is -0.139. The van der Waals surface area contributed by atoms with Crippen molar-refractivity contribution < 1.29 is 9.59 Å². The van der Waals surface area contributed by atoms with Crippen molar-refractivity contribution in [1.82, 2.24) is 10.2 Å². The molecule has 3 rings (SSSR count). The summed E-state index contributed by atoms with van der Waals surface area (Å²) in [5.41, 5.74) is 4.45.